The quantitative estimate of drug-likeness (QED) is 0.457. The van der Waals surface area contributed by atoms with Crippen LogP contribution in [0.4, 0.5) is 11.4 Å². The molecule has 2 heterocycles. The van der Waals surface area contributed by atoms with Crippen LogP contribution in [0, 0.1) is 6.92 Å². The molecule has 0 radical (unpaired) electrons. The topological polar surface area (TPSA) is 69.8 Å². The summed E-state index contributed by atoms with van der Waals surface area (Å²) in [5.74, 6) is -0.0757. The van der Waals surface area contributed by atoms with Crippen molar-refractivity contribution in [1.82, 2.24) is 9.97 Å². The Hall–Kier alpha value is -3.60. The number of aromatic amines is 1. The first-order valence-electron chi connectivity index (χ1n) is 9.24. The van der Waals surface area contributed by atoms with E-state index in [1.807, 2.05) is 30.5 Å². The Morgan fingerprint density at radius 2 is 1.82 bits per heavy atom. The average Bonchev–Trinajstić information content (AvgIpc) is 3.11. The molecule has 140 valence electrons. The maximum absolute atomic E-state index is 11.1. The van der Waals surface area contributed by atoms with Crippen molar-refractivity contribution in [2.24, 2.45) is 0 Å². The molecule has 0 fully saturated rings. The van der Waals surface area contributed by atoms with Gasteiger partial charge in [-0.05, 0) is 47.9 Å². The van der Waals surface area contributed by atoms with Crippen molar-refractivity contribution in [2.45, 2.75) is 20.4 Å². The van der Waals surface area contributed by atoms with Gasteiger partial charge in [0, 0.05) is 30.2 Å². The molecule has 0 bridgehead atoms. The van der Waals surface area contributed by atoms with Gasteiger partial charge >= 0.3 is 0 Å². The number of nitrogens with one attached hydrogen (secondary N) is 3. The fourth-order valence-electron chi connectivity index (χ4n) is 3.21. The number of anilines is 2. The van der Waals surface area contributed by atoms with Crippen LogP contribution in [0.2, 0.25) is 0 Å². The Labute approximate surface area is 163 Å². The molecule has 3 N–H and O–H groups in total. The van der Waals surface area contributed by atoms with Crippen molar-refractivity contribution in [3.8, 4) is 11.3 Å². The van der Waals surface area contributed by atoms with E-state index in [9.17, 15) is 4.79 Å². The Balaban J connectivity index is 1.53. The van der Waals surface area contributed by atoms with Gasteiger partial charge in [-0.25, -0.2) is 4.98 Å². The second-order valence-corrected chi connectivity index (χ2v) is 6.88. The van der Waals surface area contributed by atoms with Crippen molar-refractivity contribution in [3.63, 3.8) is 0 Å². The predicted octanol–water partition coefficient (Wildman–Crippen LogP) is 5.11. The number of carbonyl (C=O) groups is 1. The molecular weight excluding hydrogens is 348 g/mol. The van der Waals surface area contributed by atoms with E-state index in [2.05, 4.69) is 63.9 Å². The van der Waals surface area contributed by atoms with Crippen LogP contribution in [0.1, 0.15) is 18.1 Å². The van der Waals surface area contributed by atoms with E-state index in [1.54, 1.807) is 0 Å². The third-order valence-electron chi connectivity index (χ3n) is 4.73. The van der Waals surface area contributed by atoms with E-state index in [4.69, 9.17) is 0 Å². The van der Waals surface area contributed by atoms with E-state index in [1.165, 1.54) is 18.1 Å². The fraction of sp³-hybridized carbons (Fsp3) is 0.130. The van der Waals surface area contributed by atoms with Crippen molar-refractivity contribution in [1.29, 1.82) is 0 Å². The summed E-state index contributed by atoms with van der Waals surface area (Å²) in [4.78, 5) is 19.0. The van der Waals surface area contributed by atoms with Gasteiger partial charge < -0.3 is 15.6 Å². The van der Waals surface area contributed by atoms with E-state index in [0.29, 0.717) is 0 Å². The number of H-pyrrole nitrogens is 1. The number of benzene rings is 2. The number of hydrogen-bond acceptors (Lipinski definition) is 3. The molecule has 0 spiro atoms. The minimum Gasteiger partial charge on any atom is -0.380 e. The molecule has 0 aliphatic carbocycles. The Kier molecular flexibility index (Phi) is 4.81. The molecule has 1 amide bonds. The van der Waals surface area contributed by atoms with Crippen molar-refractivity contribution in [2.75, 3.05) is 10.6 Å². The molecular formula is C23H22N4O. The summed E-state index contributed by atoms with van der Waals surface area (Å²) in [7, 11) is 0. The minimum atomic E-state index is -0.0757. The minimum absolute atomic E-state index is 0.0757. The molecule has 5 heteroatoms. The summed E-state index contributed by atoms with van der Waals surface area (Å²) in [6.45, 7) is 4.39. The van der Waals surface area contributed by atoms with E-state index in [0.717, 1.165) is 40.2 Å². The summed E-state index contributed by atoms with van der Waals surface area (Å²) >= 11 is 0. The molecule has 2 aromatic heterocycles. The van der Waals surface area contributed by atoms with Crippen LogP contribution in [-0.4, -0.2) is 15.9 Å². The molecule has 0 aliphatic heterocycles. The number of amides is 1. The number of rotatable bonds is 5. The lowest BCUT2D eigenvalue weighted by atomic mass is 10.1. The monoisotopic (exact) mass is 370 g/mol. The van der Waals surface area contributed by atoms with E-state index < -0.39 is 0 Å². The van der Waals surface area contributed by atoms with Gasteiger partial charge in [0.15, 0.2) is 0 Å². The van der Waals surface area contributed by atoms with Gasteiger partial charge in [-0.2, -0.15) is 0 Å². The van der Waals surface area contributed by atoms with Crippen LogP contribution in [0.5, 0.6) is 0 Å². The molecule has 4 aromatic rings. The zero-order chi connectivity index (χ0) is 19.5. The number of hydrogen-bond donors (Lipinski definition) is 3. The highest BCUT2D eigenvalue weighted by Gasteiger charge is 2.06. The largest absolute Gasteiger partial charge is 0.380 e. The van der Waals surface area contributed by atoms with Crippen molar-refractivity contribution < 1.29 is 4.79 Å². The lowest BCUT2D eigenvalue weighted by Crippen LogP contribution is -2.05. The summed E-state index contributed by atoms with van der Waals surface area (Å²) in [6, 6.07) is 20.3. The molecule has 0 atom stereocenters. The van der Waals surface area contributed by atoms with Crippen molar-refractivity contribution in [3.05, 3.63) is 78.0 Å². The molecule has 2 aromatic carbocycles. The second-order valence-electron chi connectivity index (χ2n) is 6.88. The first-order valence-corrected chi connectivity index (χ1v) is 9.24. The molecule has 28 heavy (non-hydrogen) atoms. The SMILES string of the molecule is CC(=O)Nc1ccc(-c2cc3cc(NCc4ccccc4C)cnc3[nH]2)cc1. The maximum atomic E-state index is 11.1. The molecule has 0 unspecified atom stereocenters. The lowest BCUT2D eigenvalue weighted by molar-refractivity contribution is -0.114. The average molecular weight is 370 g/mol. The molecule has 0 saturated heterocycles. The highest BCUT2D eigenvalue weighted by Crippen LogP contribution is 2.26. The highest BCUT2D eigenvalue weighted by atomic mass is 16.1. The van der Waals surface area contributed by atoms with Crippen LogP contribution in [-0.2, 0) is 11.3 Å². The summed E-state index contributed by atoms with van der Waals surface area (Å²) in [5, 5.41) is 7.28. The number of nitrogens with zero attached hydrogens (tertiary/aromatic N) is 1. The molecule has 5 nitrogen and oxygen atoms in total. The number of fused-ring (bicyclic) bond motifs is 1. The standard InChI is InChI=1S/C23H22N4O/c1-15-5-3-4-6-18(15)13-24-21-11-19-12-22(27-23(19)25-14-21)17-7-9-20(10-8-17)26-16(2)28/h3-12,14,24H,13H2,1-2H3,(H,25,27)(H,26,28). The van der Waals surface area contributed by atoms with Crippen LogP contribution < -0.4 is 10.6 Å². The Bertz CT molecular complexity index is 1130. The van der Waals surface area contributed by atoms with E-state index >= 15 is 0 Å². The normalized spacial score (nSPS) is 10.8. The van der Waals surface area contributed by atoms with Gasteiger partial charge in [0.1, 0.15) is 5.65 Å². The Morgan fingerprint density at radius 1 is 1.04 bits per heavy atom. The van der Waals surface area contributed by atoms with Crippen LogP contribution >= 0.6 is 0 Å². The van der Waals surface area contributed by atoms with Gasteiger partial charge in [-0.1, -0.05) is 36.4 Å². The van der Waals surface area contributed by atoms with Crippen LogP contribution in [0.25, 0.3) is 22.3 Å². The fourth-order valence-corrected chi connectivity index (χ4v) is 3.21. The zero-order valence-corrected chi connectivity index (χ0v) is 15.9. The van der Waals surface area contributed by atoms with Gasteiger partial charge in [0.05, 0.1) is 11.9 Å². The van der Waals surface area contributed by atoms with Gasteiger partial charge in [-0.15, -0.1) is 0 Å². The molecule has 4 rings (SSSR count). The van der Waals surface area contributed by atoms with Gasteiger partial charge in [0.2, 0.25) is 5.91 Å². The third-order valence-corrected chi connectivity index (χ3v) is 4.73. The lowest BCUT2D eigenvalue weighted by Gasteiger charge is -2.08. The van der Waals surface area contributed by atoms with Gasteiger partial charge in [0.25, 0.3) is 0 Å². The number of pyridine rings is 1. The molecule has 0 aliphatic rings. The van der Waals surface area contributed by atoms with Crippen molar-refractivity contribution >= 4 is 28.3 Å². The maximum Gasteiger partial charge on any atom is 0.221 e. The van der Waals surface area contributed by atoms with E-state index in [-0.39, 0.29) is 5.91 Å². The first kappa shape index (κ1) is 17.8. The Morgan fingerprint density at radius 3 is 2.57 bits per heavy atom. The zero-order valence-electron chi connectivity index (χ0n) is 15.9. The number of aryl methyl sites for hydroxylation is 1. The first-order chi connectivity index (χ1) is 13.6. The smallest absolute Gasteiger partial charge is 0.221 e. The number of aromatic nitrogens is 2. The van der Waals surface area contributed by atoms with Crippen LogP contribution in [0.3, 0.4) is 0 Å². The molecule has 0 saturated carbocycles. The summed E-state index contributed by atoms with van der Waals surface area (Å²) < 4.78 is 0. The summed E-state index contributed by atoms with van der Waals surface area (Å²) in [6.07, 6.45) is 1.85. The van der Waals surface area contributed by atoms with Gasteiger partial charge in [-0.3, -0.25) is 4.79 Å². The van der Waals surface area contributed by atoms with Crippen LogP contribution in [0.15, 0.2) is 66.9 Å². The third kappa shape index (κ3) is 3.88. The predicted molar refractivity (Wildman–Crippen MR) is 114 cm³/mol. The summed E-state index contributed by atoms with van der Waals surface area (Å²) in [5.41, 5.74) is 7.21. The number of carbonyl (C=O) groups excluding carboxylic acids is 1. The highest BCUT2D eigenvalue weighted by molar-refractivity contribution is 5.89. The second kappa shape index (κ2) is 7.56.